The summed E-state index contributed by atoms with van der Waals surface area (Å²) in [5, 5.41) is 14.8. The van der Waals surface area contributed by atoms with Crippen molar-refractivity contribution in [3.8, 4) is 0 Å². The average molecular weight is 319 g/mol. The Morgan fingerprint density at radius 3 is 2.57 bits per heavy atom. The molecule has 5 nitrogen and oxygen atoms in total. The summed E-state index contributed by atoms with van der Waals surface area (Å²) in [6.45, 7) is 8.58. The average Bonchev–Trinajstić information content (AvgIpc) is 3.15. The normalized spacial score (nSPS) is 21.0. The first-order valence-corrected chi connectivity index (χ1v) is 9.01. The number of carbonyl (C=O) groups excluding carboxylic acids is 1. The quantitative estimate of drug-likeness (QED) is 0.907. The molecule has 2 heterocycles. The molecule has 3 rings (SSSR count). The number of hydrogen-bond donors (Lipinski definition) is 1. The number of aliphatic hydroxyl groups is 1. The topological polar surface area (TPSA) is 58.4 Å². The molecule has 2 aliphatic rings. The summed E-state index contributed by atoms with van der Waals surface area (Å²) in [6.07, 6.45) is 4.62. The van der Waals surface area contributed by atoms with E-state index in [2.05, 4.69) is 18.9 Å². The number of likely N-dealkylation sites (tertiary alicyclic amines) is 1. The van der Waals surface area contributed by atoms with E-state index < -0.39 is 5.60 Å². The van der Waals surface area contributed by atoms with E-state index in [9.17, 15) is 9.90 Å². The molecule has 0 unspecified atom stereocenters. The third kappa shape index (κ3) is 3.44. The zero-order valence-electron chi connectivity index (χ0n) is 14.6. The van der Waals surface area contributed by atoms with Crippen molar-refractivity contribution in [3.05, 3.63) is 17.5 Å². The molecule has 1 saturated carbocycles. The van der Waals surface area contributed by atoms with Crippen molar-refractivity contribution in [2.24, 2.45) is 11.8 Å². The second kappa shape index (κ2) is 6.27. The fraction of sp³-hybridized carbons (Fsp3) is 0.778. The van der Waals surface area contributed by atoms with E-state index in [1.165, 1.54) is 0 Å². The Kier molecular flexibility index (Phi) is 4.50. The van der Waals surface area contributed by atoms with Crippen LogP contribution in [-0.4, -0.2) is 44.4 Å². The van der Waals surface area contributed by atoms with Crippen molar-refractivity contribution < 1.29 is 9.90 Å². The smallest absolute Gasteiger partial charge is 0.272 e. The highest BCUT2D eigenvalue weighted by atomic mass is 16.3. The Balaban J connectivity index is 1.67. The lowest BCUT2D eigenvalue weighted by Gasteiger charge is -2.34. The molecule has 1 saturated heterocycles. The molecule has 1 aromatic rings. The number of carbonyl (C=O) groups is 1. The van der Waals surface area contributed by atoms with Crippen LogP contribution in [0.4, 0.5) is 0 Å². The van der Waals surface area contributed by atoms with Gasteiger partial charge in [0.15, 0.2) is 0 Å². The van der Waals surface area contributed by atoms with Gasteiger partial charge in [-0.2, -0.15) is 5.10 Å². The van der Waals surface area contributed by atoms with Gasteiger partial charge in [0.1, 0.15) is 5.69 Å². The van der Waals surface area contributed by atoms with Crippen molar-refractivity contribution in [2.45, 2.75) is 65.0 Å². The summed E-state index contributed by atoms with van der Waals surface area (Å²) in [5.74, 6) is 1.00. The molecule has 1 aliphatic carbocycles. The van der Waals surface area contributed by atoms with E-state index in [4.69, 9.17) is 0 Å². The summed E-state index contributed by atoms with van der Waals surface area (Å²) in [7, 11) is 0. The molecule has 1 aliphatic heterocycles. The van der Waals surface area contributed by atoms with Gasteiger partial charge in [0, 0.05) is 19.6 Å². The Bertz CT molecular complexity index is 567. The van der Waals surface area contributed by atoms with Crippen LogP contribution in [-0.2, 0) is 13.0 Å². The monoisotopic (exact) mass is 319 g/mol. The van der Waals surface area contributed by atoms with E-state index in [1.807, 2.05) is 22.6 Å². The van der Waals surface area contributed by atoms with Gasteiger partial charge in [0.2, 0.25) is 0 Å². The summed E-state index contributed by atoms with van der Waals surface area (Å²) in [5.41, 5.74) is 1.31. The molecule has 2 fully saturated rings. The van der Waals surface area contributed by atoms with Gasteiger partial charge in [-0.1, -0.05) is 13.8 Å². The fourth-order valence-electron chi connectivity index (χ4n) is 3.72. The number of rotatable bonds is 5. The highest BCUT2D eigenvalue weighted by Crippen LogP contribution is 2.46. The van der Waals surface area contributed by atoms with Crippen LogP contribution >= 0.6 is 0 Å². The molecule has 0 spiro atoms. The first-order chi connectivity index (χ1) is 10.9. The summed E-state index contributed by atoms with van der Waals surface area (Å²) >= 11 is 0. The lowest BCUT2D eigenvalue weighted by atomic mass is 9.89. The highest BCUT2D eigenvalue weighted by molar-refractivity contribution is 5.92. The number of aryl methyl sites for hydroxylation is 1. The van der Waals surface area contributed by atoms with Crippen LogP contribution in [0, 0.1) is 11.8 Å². The van der Waals surface area contributed by atoms with E-state index in [0.29, 0.717) is 17.5 Å². The number of amides is 1. The Hall–Kier alpha value is -1.36. The second-order valence-corrected chi connectivity index (χ2v) is 7.60. The zero-order valence-corrected chi connectivity index (χ0v) is 14.6. The van der Waals surface area contributed by atoms with Gasteiger partial charge in [0.05, 0.1) is 11.3 Å². The van der Waals surface area contributed by atoms with Crippen LogP contribution in [0.2, 0.25) is 0 Å². The van der Waals surface area contributed by atoms with Crippen molar-refractivity contribution >= 4 is 5.91 Å². The SMILES string of the molecule is CCn1nc(CC(C)C)cc1C(=O)N1CCC(C2(O)CC2)CC1. The van der Waals surface area contributed by atoms with Crippen molar-refractivity contribution in [1.82, 2.24) is 14.7 Å². The van der Waals surface area contributed by atoms with Gasteiger partial charge in [-0.05, 0) is 56.9 Å². The molecule has 1 N–H and O–H groups in total. The molecule has 5 heteroatoms. The molecular weight excluding hydrogens is 290 g/mol. The van der Waals surface area contributed by atoms with Gasteiger partial charge >= 0.3 is 0 Å². The van der Waals surface area contributed by atoms with Crippen molar-refractivity contribution in [2.75, 3.05) is 13.1 Å². The standard InChI is InChI=1S/C18H29N3O2/c1-4-21-16(12-15(19-21)11-13(2)3)17(22)20-9-5-14(6-10-20)18(23)7-8-18/h12-14,23H,4-11H2,1-3H3. The summed E-state index contributed by atoms with van der Waals surface area (Å²) in [4.78, 5) is 14.8. The number of nitrogens with zero attached hydrogens (tertiary/aromatic N) is 3. The van der Waals surface area contributed by atoms with Crippen molar-refractivity contribution in [3.63, 3.8) is 0 Å². The minimum absolute atomic E-state index is 0.0931. The lowest BCUT2D eigenvalue weighted by molar-refractivity contribution is 0.0335. The summed E-state index contributed by atoms with van der Waals surface area (Å²) < 4.78 is 1.83. The van der Waals surface area contributed by atoms with E-state index >= 15 is 0 Å². The van der Waals surface area contributed by atoms with Gasteiger partial charge < -0.3 is 10.0 Å². The Labute approximate surface area is 138 Å². The maximum Gasteiger partial charge on any atom is 0.272 e. The Morgan fingerprint density at radius 1 is 1.39 bits per heavy atom. The van der Waals surface area contributed by atoms with Crippen LogP contribution in [0.15, 0.2) is 6.07 Å². The lowest BCUT2D eigenvalue weighted by Crippen LogP contribution is -2.42. The fourth-order valence-corrected chi connectivity index (χ4v) is 3.72. The van der Waals surface area contributed by atoms with E-state index in [-0.39, 0.29) is 5.91 Å². The molecule has 128 valence electrons. The first-order valence-electron chi connectivity index (χ1n) is 9.01. The van der Waals surface area contributed by atoms with Crippen molar-refractivity contribution in [1.29, 1.82) is 0 Å². The molecule has 0 aromatic carbocycles. The van der Waals surface area contributed by atoms with Gasteiger partial charge in [0.25, 0.3) is 5.91 Å². The number of aromatic nitrogens is 2. The van der Waals surface area contributed by atoms with Crippen LogP contribution in [0.25, 0.3) is 0 Å². The third-order valence-corrected chi connectivity index (χ3v) is 5.27. The molecule has 0 bridgehead atoms. The van der Waals surface area contributed by atoms with E-state index in [1.54, 1.807) is 0 Å². The van der Waals surface area contributed by atoms with Gasteiger partial charge in [-0.3, -0.25) is 9.48 Å². The minimum Gasteiger partial charge on any atom is -0.390 e. The first kappa shape index (κ1) is 16.5. The maximum absolute atomic E-state index is 12.9. The van der Waals surface area contributed by atoms with Crippen LogP contribution in [0.1, 0.15) is 62.6 Å². The number of piperidine rings is 1. The Morgan fingerprint density at radius 2 is 2.04 bits per heavy atom. The predicted octanol–water partition coefficient (Wildman–Crippen LogP) is 2.48. The highest BCUT2D eigenvalue weighted by Gasteiger charge is 2.48. The molecule has 1 aromatic heterocycles. The molecule has 0 atom stereocenters. The molecule has 23 heavy (non-hydrogen) atoms. The molecule has 0 radical (unpaired) electrons. The predicted molar refractivity (Wildman–Crippen MR) is 89.3 cm³/mol. The minimum atomic E-state index is -0.412. The molecular formula is C18H29N3O2. The maximum atomic E-state index is 12.9. The van der Waals surface area contributed by atoms with E-state index in [0.717, 1.165) is 57.4 Å². The number of hydrogen-bond acceptors (Lipinski definition) is 3. The van der Waals surface area contributed by atoms with Crippen LogP contribution in [0.3, 0.4) is 0 Å². The largest absolute Gasteiger partial charge is 0.390 e. The molecule has 1 amide bonds. The third-order valence-electron chi connectivity index (χ3n) is 5.27. The van der Waals surface area contributed by atoms with Gasteiger partial charge in [-0.15, -0.1) is 0 Å². The van der Waals surface area contributed by atoms with Gasteiger partial charge in [-0.25, -0.2) is 0 Å². The second-order valence-electron chi connectivity index (χ2n) is 7.60. The summed E-state index contributed by atoms with van der Waals surface area (Å²) in [6, 6.07) is 1.96. The van der Waals surface area contributed by atoms with Crippen LogP contribution < -0.4 is 0 Å². The zero-order chi connectivity index (χ0) is 16.6. The van der Waals surface area contributed by atoms with Crippen LogP contribution in [0.5, 0.6) is 0 Å².